The van der Waals surface area contributed by atoms with Crippen LogP contribution < -0.4 is 5.32 Å². The van der Waals surface area contributed by atoms with Crippen molar-refractivity contribution in [2.75, 3.05) is 39.8 Å². The lowest BCUT2D eigenvalue weighted by atomic mass is 10.1. The number of likely N-dealkylation sites (N-methyl/N-ethyl adjacent to an activating group) is 1. The molecule has 0 radical (unpaired) electrons. The summed E-state index contributed by atoms with van der Waals surface area (Å²) >= 11 is 0. The average Bonchev–Trinajstić information content (AvgIpc) is 2.05. The van der Waals surface area contributed by atoms with Gasteiger partial charge in [-0.1, -0.05) is 6.92 Å². The number of hydrogen-bond acceptors (Lipinski definition) is 3. The van der Waals surface area contributed by atoms with Crippen molar-refractivity contribution in [3.8, 4) is 0 Å². The number of piperazine rings is 1. The van der Waals surface area contributed by atoms with Crippen LogP contribution in [0.3, 0.4) is 0 Å². The normalized spacial score (nSPS) is 33.2. The smallest absolute Gasteiger partial charge is 0.0346 e. The molecule has 0 saturated carbocycles. The molecule has 1 unspecified atom stereocenters. The summed E-state index contributed by atoms with van der Waals surface area (Å²) in [5.74, 6) is 0. The van der Waals surface area contributed by atoms with Crippen LogP contribution in [0.1, 0.15) is 13.3 Å². The summed E-state index contributed by atoms with van der Waals surface area (Å²) in [6, 6.07) is 1.62. The van der Waals surface area contributed by atoms with Crippen LogP contribution in [-0.2, 0) is 0 Å². The van der Waals surface area contributed by atoms with Crippen molar-refractivity contribution in [2.45, 2.75) is 25.4 Å². The van der Waals surface area contributed by atoms with E-state index in [9.17, 15) is 0 Å². The van der Waals surface area contributed by atoms with Gasteiger partial charge in [0, 0.05) is 44.8 Å². The summed E-state index contributed by atoms with van der Waals surface area (Å²) in [6.07, 6.45) is 1.28. The molecule has 0 aromatic rings. The maximum atomic E-state index is 3.35. The lowest BCUT2D eigenvalue weighted by molar-refractivity contribution is 0.0443. The molecule has 2 heterocycles. The van der Waals surface area contributed by atoms with Gasteiger partial charge in [-0.3, -0.25) is 4.90 Å². The minimum atomic E-state index is 0.786. The van der Waals surface area contributed by atoms with Gasteiger partial charge in [0.05, 0.1) is 0 Å². The van der Waals surface area contributed by atoms with Crippen molar-refractivity contribution < 1.29 is 0 Å². The molecule has 13 heavy (non-hydrogen) atoms. The van der Waals surface area contributed by atoms with Crippen LogP contribution in [0.4, 0.5) is 0 Å². The molecule has 0 spiro atoms. The third-order valence-electron chi connectivity index (χ3n) is 3.56. The second kappa shape index (κ2) is 3.95. The Morgan fingerprint density at radius 2 is 2.08 bits per heavy atom. The third kappa shape index (κ3) is 1.87. The second-order valence-corrected chi connectivity index (χ2v) is 4.35. The van der Waals surface area contributed by atoms with Crippen LogP contribution in [0.25, 0.3) is 0 Å². The third-order valence-corrected chi connectivity index (χ3v) is 3.56. The summed E-state index contributed by atoms with van der Waals surface area (Å²) in [6.45, 7) is 8.50. The second-order valence-electron chi connectivity index (χ2n) is 4.35. The Hall–Kier alpha value is -0.120. The van der Waals surface area contributed by atoms with E-state index in [0.29, 0.717) is 0 Å². The monoisotopic (exact) mass is 183 g/mol. The highest BCUT2D eigenvalue weighted by atomic mass is 15.3. The summed E-state index contributed by atoms with van der Waals surface area (Å²) in [7, 11) is 2.25. The molecule has 2 aliphatic heterocycles. The molecule has 0 amide bonds. The van der Waals surface area contributed by atoms with E-state index in [1.54, 1.807) is 0 Å². The zero-order chi connectivity index (χ0) is 9.26. The first kappa shape index (κ1) is 9.44. The molecule has 0 aliphatic carbocycles. The molecule has 76 valence electrons. The predicted molar refractivity (Wildman–Crippen MR) is 54.9 cm³/mol. The maximum absolute atomic E-state index is 3.35. The minimum absolute atomic E-state index is 0.786. The number of hydrogen-bond donors (Lipinski definition) is 1. The lowest BCUT2D eigenvalue weighted by Gasteiger charge is -2.46. The Kier molecular flexibility index (Phi) is 2.86. The fourth-order valence-electron chi connectivity index (χ4n) is 2.27. The van der Waals surface area contributed by atoms with Gasteiger partial charge in [0.15, 0.2) is 0 Å². The van der Waals surface area contributed by atoms with Gasteiger partial charge < -0.3 is 10.2 Å². The van der Waals surface area contributed by atoms with E-state index < -0.39 is 0 Å². The van der Waals surface area contributed by atoms with Crippen molar-refractivity contribution in [3.05, 3.63) is 0 Å². The van der Waals surface area contributed by atoms with E-state index in [1.165, 1.54) is 39.1 Å². The van der Waals surface area contributed by atoms with Crippen molar-refractivity contribution in [3.63, 3.8) is 0 Å². The van der Waals surface area contributed by atoms with Gasteiger partial charge in [0.2, 0.25) is 0 Å². The van der Waals surface area contributed by atoms with Gasteiger partial charge in [-0.25, -0.2) is 0 Å². The first-order valence-electron chi connectivity index (χ1n) is 5.46. The fraction of sp³-hybridized carbons (Fsp3) is 1.00. The van der Waals surface area contributed by atoms with Crippen molar-refractivity contribution in [2.24, 2.45) is 0 Å². The largest absolute Gasteiger partial charge is 0.314 e. The molecule has 1 N–H and O–H groups in total. The summed E-state index contributed by atoms with van der Waals surface area (Å²) in [5.41, 5.74) is 0. The topological polar surface area (TPSA) is 18.5 Å². The highest BCUT2D eigenvalue weighted by Crippen LogP contribution is 2.14. The Balaban J connectivity index is 1.86. The van der Waals surface area contributed by atoms with Gasteiger partial charge in [0.25, 0.3) is 0 Å². The molecule has 0 aromatic carbocycles. The van der Waals surface area contributed by atoms with Crippen molar-refractivity contribution in [1.82, 2.24) is 15.1 Å². The van der Waals surface area contributed by atoms with Crippen LogP contribution in [0.5, 0.6) is 0 Å². The first-order chi connectivity index (χ1) is 6.31. The number of nitrogens with zero attached hydrogens (tertiary/aromatic N) is 2. The molecular formula is C10H21N3. The lowest BCUT2D eigenvalue weighted by Crippen LogP contribution is -2.63. The maximum Gasteiger partial charge on any atom is 0.0346 e. The Labute approximate surface area is 81.1 Å². The van der Waals surface area contributed by atoms with E-state index in [2.05, 4.69) is 29.1 Å². The molecule has 2 saturated heterocycles. The van der Waals surface area contributed by atoms with Crippen LogP contribution in [0.2, 0.25) is 0 Å². The zero-order valence-electron chi connectivity index (χ0n) is 8.79. The molecule has 1 atom stereocenters. The van der Waals surface area contributed by atoms with Gasteiger partial charge in [-0.15, -0.1) is 0 Å². The number of nitrogens with one attached hydrogen (secondary N) is 1. The fourth-order valence-corrected chi connectivity index (χ4v) is 2.27. The summed E-state index contributed by atoms with van der Waals surface area (Å²) in [4.78, 5) is 5.16. The molecule has 0 bridgehead atoms. The molecule has 0 aromatic heterocycles. The number of rotatable bonds is 2. The van der Waals surface area contributed by atoms with Crippen molar-refractivity contribution in [1.29, 1.82) is 0 Å². The molecule has 2 rings (SSSR count). The summed E-state index contributed by atoms with van der Waals surface area (Å²) in [5, 5.41) is 3.35. The Bertz CT molecular complexity index is 168. The SMILES string of the molecule is CCC1CN(C2CNC2)CCN1C. The van der Waals surface area contributed by atoms with E-state index in [-0.39, 0.29) is 0 Å². The molecule has 3 heteroatoms. The summed E-state index contributed by atoms with van der Waals surface area (Å²) < 4.78 is 0. The van der Waals surface area contributed by atoms with Gasteiger partial charge >= 0.3 is 0 Å². The zero-order valence-corrected chi connectivity index (χ0v) is 8.79. The average molecular weight is 183 g/mol. The Morgan fingerprint density at radius 1 is 1.31 bits per heavy atom. The molecule has 3 nitrogen and oxygen atoms in total. The Morgan fingerprint density at radius 3 is 2.62 bits per heavy atom. The van der Waals surface area contributed by atoms with Crippen molar-refractivity contribution >= 4 is 0 Å². The van der Waals surface area contributed by atoms with E-state index in [1.807, 2.05) is 0 Å². The van der Waals surface area contributed by atoms with E-state index in [4.69, 9.17) is 0 Å². The minimum Gasteiger partial charge on any atom is -0.314 e. The van der Waals surface area contributed by atoms with Gasteiger partial charge in [-0.05, 0) is 13.5 Å². The molecule has 2 fully saturated rings. The van der Waals surface area contributed by atoms with Gasteiger partial charge in [0.1, 0.15) is 0 Å². The van der Waals surface area contributed by atoms with Crippen LogP contribution >= 0.6 is 0 Å². The highest BCUT2D eigenvalue weighted by Gasteiger charge is 2.30. The highest BCUT2D eigenvalue weighted by molar-refractivity contribution is 4.89. The van der Waals surface area contributed by atoms with Crippen LogP contribution in [0.15, 0.2) is 0 Å². The van der Waals surface area contributed by atoms with Gasteiger partial charge in [-0.2, -0.15) is 0 Å². The predicted octanol–water partition coefficient (Wildman–Crippen LogP) is -0.0158. The molecular weight excluding hydrogens is 162 g/mol. The first-order valence-corrected chi connectivity index (χ1v) is 5.46. The van der Waals surface area contributed by atoms with Crippen LogP contribution in [-0.4, -0.2) is 61.7 Å². The van der Waals surface area contributed by atoms with Crippen LogP contribution in [0, 0.1) is 0 Å². The quantitative estimate of drug-likeness (QED) is 0.649. The van der Waals surface area contributed by atoms with E-state index >= 15 is 0 Å². The standard InChI is InChI=1S/C10H21N3/c1-3-9-8-13(5-4-12(9)2)10-6-11-7-10/h9-11H,3-8H2,1-2H3. The molecule has 2 aliphatic rings. The van der Waals surface area contributed by atoms with E-state index in [0.717, 1.165) is 12.1 Å².